The molecule has 3 rings (SSSR count). The van der Waals surface area contributed by atoms with Gasteiger partial charge in [0, 0.05) is 19.6 Å². The molecule has 1 amide bonds. The summed E-state index contributed by atoms with van der Waals surface area (Å²) < 4.78 is 7.58. The molecule has 0 bridgehead atoms. The van der Waals surface area contributed by atoms with Crippen molar-refractivity contribution in [3.8, 4) is 0 Å². The van der Waals surface area contributed by atoms with Gasteiger partial charge in [-0.1, -0.05) is 31.7 Å². The molecule has 1 saturated heterocycles. The Balaban J connectivity index is 1.79. The van der Waals surface area contributed by atoms with E-state index in [4.69, 9.17) is 4.42 Å². The molecule has 0 aromatic carbocycles. The second-order valence-electron chi connectivity index (χ2n) is 7.18. The number of aromatic nitrogens is 3. The number of furan rings is 1. The predicted molar refractivity (Wildman–Crippen MR) is 107 cm³/mol. The van der Waals surface area contributed by atoms with Crippen LogP contribution in [0.4, 0.5) is 5.95 Å². The maximum Gasteiger partial charge on any atom is 0.230 e. The molecule has 7 nitrogen and oxygen atoms in total. The quantitative estimate of drug-likeness (QED) is 0.553. The molecule has 1 N–H and O–H groups in total. The van der Waals surface area contributed by atoms with E-state index in [2.05, 4.69) is 45.4 Å². The molecule has 0 spiro atoms. The SMILES string of the molecule is C=CCNC(=O)CSc1nnc(N2CC(C)CC(C)C2)n1Cc1ccco1. The highest BCUT2D eigenvalue weighted by Gasteiger charge is 2.27. The second-order valence-corrected chi connectivity index (χ2v) is 8.12. The average Bonchev–Trinajstić information content (AvgIpc) is 3.28. The molecular weight excluding hydrogens is 362 g/mol. The molecule has 27 heavy (non-hydrogen) atoms. The molecule has 146 valence electrons. The number of amides is 1. The number of anilines is 1. The van der Waals surface area contributed by atoms with Gasteiger partial charge in [0.25, 0.3) is 0 Å². The van der Waals surface area contributed by atoms with E-state index < -0.39 is 0 Å². The van der Waals surface area contributed by atoms with E-state index in [1.165, 1.54) is 18.2 Å². The van der Waals surface area contributed by atoms with Crippen LogP contribution in [0.3, 0.4) is 0 Å². The lowest BCUT2D eigenvalue weighted by atomic mass is 9.92. The van der Waals surface area contributed by atoms with E-state index in [-0.39, 0.29) is 11.7 Å². The minimum Gasteiger partial charge on any atom is -0.467 e. The van der Waals surface area contributed by atoms with Gasteiger partial charge in [0.15, 0.2) is 5.16 Å². The highest BCUT2D eigenvalue weighted by molar-refractivity contribution is 7.99. The van der Waals surface area contributed by atoms with Gasteiger partial charge in [-0.05, 0) is 30.4 Å². The summed E-state index contributed by atoms with van der Waals surface area (Å²) in [6.07, 6.45) is 4.56. The van der Waals surface area contributed by atoms with Crippen molar-refractivity contribution < 1.29 is 9.21 Å². The summed E-state index contributed by atoms with van der Waals surface area (Å²) in [5.74, 6) is 3.16. The van der Waals surface area contributed by atoms with E-state index in [0.717, 1.165) is 30.0 Å². The van der Waals surface area contributed by atoms with Crippen LogP contribution in [0.25, 0.3) is 0 Å². The van der Waals surface area contributed by atoms with Crippen LogP contribution in [0.1, 0.15) is 26.0 Å². The largest absolute Gasteiger partial charge is 0.467 e. The van der Waals surface area contributed by atoms with Crippen LogP contribution in [0, 0.1) is 11.8 Å². The third-order valence-electron chi connectivity index (χ3n) is 4.52. The van der Waals surface area contributed by atoms with Crippen LogP contribution in [-0.2, 0) is 11.3 Å². The number of carbonyl (C=O) groups is 1. The monoisotopic (exact) mass is 389 g/mol. The second kappa shape index (κ2) is 9.12. The van der Waals surface area contributed by atoms with Crippen molar-refractivity contribution in [1.82, 2.24) is 20.1 Å². The average molecular weight is 390 g/mol. The van der Waals surface area contributed by atoms with Crippen LogP contribution >= 0.6 is 11.8 Å². The van der Waals surface area contributed by atoms with Crippen molar-refractivity contribution in [2.24, 2.45) is 11.8 Å². The Hall–Kier alpha value is -2.22. The van der Waals surface area contributed by atoms with Crippen molar-refractivity contribution in [3.63, 3.8) is 0 Å². The molecular formula is C19H27N5O2S. The first-order valence-electron chi connectivity index (χ1n) is 9.27. The first-order chi connectivity index (χ1) is 13.1. The first-order valence-corrected chi connectivity index (χ1v) is 10.3. The van der Waals surface area contributed by atoms with Crippen molar-refractivity contribution in [3.05, 3.63) is 36.8 Å². The van der Waals surface area contributed by atoms with Crippen LogP contribution in [0.2, 0.25) is 0 Å². The zero-order valence-corrected chi connectivity index (χ0v) is 16.7. The molecule has 2 aromatic rings. The zero-order valence-electron chi connectivity index (χ0n) is 15.9. The lowest BCUT2D eigenvalue weighted by Crippen LogP contribution is -2.40. The smallest absolute Gasteiger partial charge is 0.230 e. The molecule has 0 radical (unpaired) electrons. The van der Waals surface area contributed by atoms with Crippen LogP contribution in [0.5, 0.6) is 0 Å². The summed E-state index contributed by atoms with van der Waals surface area (Å²) in [5.41, 5.74) is 0. The van der Waals surface area contributed by atoms with E-state index in [1.54, 1.807) is 12.3 Å². The van der Waals surface area contributed by atoms with Gasteiger partial charge in [0.05, 0.1) is 18.6 Å². The van der Waals surface area contributed by atoms with Crippen molar-refractivity contribution in [2.75, 3.05) is 30.3 Å². The fourth-order valence-electron chi connectivity index (χ4n) is 3.51. The van der Waals surface area contributed by atoms with Gasteiger partial charge in [-0.2, -0.15) is 0 Å². The minimum atomic E-state index is -0.0470. The first kappa shape index (κ1) is 19.5. The summed E-state index contributed by atoms with van der Waals surface area (Å²) in [6, 6.07) is 3.82. The standard InChI is InChI=1S/C19H27N5O2S/c1-4-7-20-17(25)13-27-19-22-21-18(23-10-14(2)9-15(3)11-23)24(19)12-16-6-5-8-26-16/h4-6,8,14-15H,1,7,9-13H2,2-3H3,(H,20,25). The molecule has 3 heterocycles. The highest BCUT2D eigenvalue weighted by Crippen LogP contribution is 2.28. The Labute approximate surface area is 164 Å². The summed E-state index contributed by atoms with van der Waals surface area (Å²) in [6.45, 7) is 11.1. The molecule has 2 atom stereocenters. The van der Waals surface area contributed by atoms with Gasteiger partial charge in [-0.15, -0.1) is 16.8 Å². The molecule has 2 aromatic heterocycles. The summed E-state index contributed by atoms with van der Waals surface area (Å²) in [5, 5.41) is 12.3. The van der Waals surface area contributed by atoms with Gasteiger partial charge >= 0.3 is 0 Å². The Bertz CT molecular complexity index is 748. The lowest BCUT2D eigenvalue weighted by Gasteiger charge is -2.35. The third kappa shape index (κ3) is 5.15. The molecule has 0 saturated carbocycles. The van der Waals surface area contributed by atoms with Crippen LogP contribution in [-0.4, -0.2) is 46.1 Å². The topological polar surface area (TPSA) is 76.2 Å². The number of nitrogens with one attached hydrogen (secondary N) is 1. The normalized spacial score (nSPS) is 19.9. The van der Waals surface area contributed by atoms with Crippen LogP contribution in [0.15, 0.2) is 40.6 Å². The number of thioether (sulfide) groups is 1. The fourth-order valence-corrected chi connectivity index (χ4v) is 4.27. The molecule has 8 heteroatoms. The van der Waals surface area contributed by atoms with E-state index >= 15 is 0 Å². The van der Waals surface area contributed by atoms with Gasteiger partial charge in [-0.25, -0.2) is 0 Å². The van der Waals surface area contributed by atoms with E-state index in [0.29, 0.717) is 24.9 Å². The number of hydrogen-bond donors (Lipinski definition) is 1. The summed E-state index contributed by atoms with van der Waals surface area (Å²) >= 11 is 1.39. The van der Waals surface area contributed by atoms with Gasteiger partial charge in [-0.3, -0.25) is 9.36 Å². The highest BCUT2D eigenvalue weighted by atomic mass is 32.2. The predicted octanol–water partition coefficient (Wildman–Crippen LogP) is 2.80. The number of carbonyl (C=O) groups excluding carboxylic acids is 1. The van der Waals surface area contributed by atoms with Crippen molar-refractivity contribution >= 4 is 23.6 Å². The number of rotatable bonds is 8. The maximum atomic E-state index is 11.9. The molecule has 1 aliphatic rings. The minimum absolute atomic E-state index is 0.0470. The molecule has 0 aliphatic carbocycles. The van der Waals surface area contributed by atoms with Gasteiger partial charge < -0.3 is 14.6 Å². The number of nitrogens with zero attached hydrogens (tertiary/aromatic N) is 4. The van der Waals surface area contributed by atoms with E-state index in [9.17, 15) is 4.79 Å². The zero-order chi connectivity index (χ0) is 19.2. The van der Waals surface area contributed by atoms with E-state index in [1.807, 2.05) is 12.1 Å². The molecule has 1 fully saturated rings. The Morgan fingerprint density at radius 2 is 2.19 bits per heavy atom. The Morgan fingerprint density at radius 3 is 2.85 bits per heavy atom. The molecule has 2 unspecified atom stereocenters. The molecule has 1 aliphatic heterocycles. The Kier molecular flexibility index (Phi) is 6.60. The summed E-state index contributed by atoms with van der Waals surface area (Å²) in [4.78, 5) is 14.2. The van der Waals surface area contributed by atoms with Gasteiger partial charge in [0.1, 0.15) is 5.76 Å². The summed E-state index contributed by atoms with van der Waals surface area (Å²) in [7, 11) is 0. The third-order valence-corrected chi connectivity index (χ3v) is 5.49. The number of hydrogen-bond acceptors (Lipinski definition) is 6. The number of piperidine rings is 1. The maximum absolute atomic E-state index is 11.9. The van der Waals surface area contributed by atoms with Crippen molar-refractivity contribution in [1.29, 1.82) is 0 Å². The lowest BCUT2D eigenvalue weighted by molar-refractivity contribution is -0.118. The Morgan fingerprint density at radius 1 is 1.41 bits per heavy atom. The van der Waals surface area contributed by atoms with Crippen molar-refractivity contribution in [2.45, 2.75) is 32.0 Å². The van der Waals surface area contributed by atoms with Crippen LogP contribution < -0.4 is 10.2 Å². The fraction of sp³-hybridized carbons (Fsp3) is 0.526. The van der Waals surface area contributed by atoms with Gasteiger partial charge in [0.2, 0.25) is 11.9 Å².